The van der Waals surface area contributed by atoms with Crippen molar-refractivity contribution in [2.75, 3.05) is 0 Å². The van der Waals surface area contributed by atoms with Gasteiger partial charge in [0.2, 0.25) is 6.43 Å². The Labute approximate surface area is 137 Å². The summed E-state index contributed by atoms with van der Waals surface area (Å²) in [7, 11) is 0. The highest BCUT2D eigenvalue weighted by Gasteiger charge is 2.40. The lowest BCUT2D eigenvalue weighted by atomic mass is 9.72. The number of hydrogen-bond acceptors (Lipinski definition) is 1. The molecule has 0 aromatic heterocycles. The molecule has 0 heterocycles. The molecule has 0 radical (unpaired) electrons. The van der Waals surface area contributed by atoms with Gasteiger partial charge in [-0.25, -0.2) is 8.78 Å². The van der Waals surface area contributed by atoms with Crippen LogP contribution in [0.15, 0.2) is 23.8 Å². The number of unbranched alkanes of at least 4 members (excludes halogenated alkanes) is 1. The molecule has 0 aromatic carbocycles. The summed E-state index contributed by atoms with van der Waals surface area (Å²) in [6, 6.07) is 0. The SMILES string of the molecule is CCCCC1CCC(C2=CCC(CC(F)F)(C(=O)O)C=C2)CC1. The molecule has 1 unspecified atom stereocenters. The van der Waals surface area contributed by atoms with Gasteiger partial charge in [-0.1, -0.05) is 44.4 Å². The van der Waals surface area contributed by atoms with Gasteiger partial charge in [-0.3, -0.25) is 4.79 Å². The van der Waals surface area contributed by atoms with Crippen molar-refractivity contribution in [3.05, 3.63) is 23.8 Å². The van der Waals surface area contributed by atoms with Gasteiger partial charge in [-0.05, 0) is 49.5 Å². The minimum Gasteiger partial charge on any atom is -0.481 e. The fraction of sp³-hybridized carbons (Fsp3) is 0.737. The first-order valence-electron chi connectivity index (χ1n) is 8.87. The molecule has 23 heavy (non-hydrogen) atoms. The van der Waals surface area contributed by atoms with E-state index in [0.29, 0.717) is 5.92 Å². The minimum absolute atomic E-state index is 0.189. The summed E-state index contributed by atoms with van der Waals surface area (Å²) in [5.74, 6) is 0.159. The lowest BCUT2D eigenvalue weighted by Crippen LogP contribution is -2.32. The van der Waals surface area contributed by atoms with Crippen molar-refractivity contribution in [3.8, 4) is 0 Å². The van der Waals surface area contributed by atoms with Crippen LogP contribution in [0, 0.1) is 17.3 Å². The number of hydrogen-bond donors (Lipinski definition) is 1. The van der Waals surface area contributed by atoms with Gasteiger partial charge in [0.1, 0.15) is 0 Å². The maximum Gasteiger partial charge on any atom is 0.314 e. The standard InChI is InChI=1S/C19H28F2O2/c1-2-3-4-14-5-7-15(8-6-14)16-9-11-19(12-10-16,18(22)23)13-17(20)21/h9-11,14-15,17H,2-8,12-13H2,1H3,(H,22,23). The second kappa shape index (κ2) is 8.07. The summed E-state index contributed by atoms with van der Waals surface area (Å²) in [4.78, 5) is 11.4. The average Bonchev–Trinajstić information content (AvgIpc) is 2.53. The number of carboxylic acid groups (broad SMARTS) is 1. The Morgan fingerprint density at radius 2 is 2.04 bits per heavy atom. The van der Waals surface area contributed by atoms with Crippen LogP contribution in [0.1, 0.15) is 64.7 Å². The molecule has 1 atom stereocenters. The van der Waals surface area contributed by atoms with Gasteiger partial charge in [0.25, 0.3) is 0 Å². The third-order valence-corrected chi connectivity index (χ3v) is 5.53. The van der Waals surface area contributed by atoms with Crippen molar-refractivity contribution in [2.45, 2.75) is 71.1 Å². The van der Waals surface area contributed by atoms with Gasteiger partial charge in [0.15, 0.2) is 0 Å². The fourth-order valence-electron chi connectivity index (χ4n) is 3.94. The Morgan fingerprint density at radius 1 is 1.35 bits per heavy atom. The number of carboxylic acids is 1. The highest BCUT2D eigenvalue weighted by Crippen LogP contribution is 2.41. The molecule has 0 amide bonds. The first-order chi connectivity index (χ1) is 11.0. The van der Waals surface area contributed by atoms with Gasteiger partial charge >= 0.3 is 5.97 Å². The van der Waals surface area contributed by atoms with Crippen molar-refractivity contribution < 1.29 is 18.7 Å². The summed E-state index contributed by atoms with van der Waals surface area (Å²) in [5, 5.41) is 9.34. The number of aliphatic carboxylic acids is 1. The van der Waals surface area contributed by atoms with Crippen LogP contribution in [0.3, 0.4) is 0 Å². The first kappa shape index (κ1) is 18.2. The summed E-state index contributed by atoms with van der Waals surface area (Å²) in [6.45, 7) is 2.22. The Balaban J connectivity index is 1.92. The summed E-state index contributed by atoms with van der Waals surface area (Å²) in [5.41, 5.74) is -0.263. The van der Waals surface area contributed by atoms with Crippen LogP contribution in [-0.2, 0) is 4.79 Å². The number of halogens is 2. The molecule has 2 aliphatic rings. The van der Waals surface area contributed by atoms with Crippen molar-refractivity contribution in [1.29, 1.82) is 0 Å². The molecular weight excluding hydrogens is 298 g/mol. The van der Waals surface area contributed by atoms with Crippen LogP contribution in [0.5, 0.6) is 0 Å². The monoisotopic (exact) mass is 326 g/mol. The van der Waals surface area contributed by atoms with Crippen molar-refractivity contribution in [2.24, 2.45) is 17.3 Å². The van der Waals surface area contributed by atoms with Gasteiger partial charge < -0.3 is 5.11 Å². The molecule has 2 nitrogen and oxygen atoms in total. The van der Waals surface area contributed by atoms with E-state index in [0.717, 1.165) is 24.3 Å². The Hall–Kier alpha value is -1.19. The molecule has 0 aromatic rings. The second-order valence-corrected chi connectivity index (χ2v) is 7.16. The molecule has 2 aliphatic carbocycles. The molecule has 4 heteroatoms. The van der Waals surface area contributed by atoms with Crippen LogP contribution in [0.25, 0.3) is 0 Å². The van der Waals surface area contributed by atoms with E-state index in [1.165, 1.54) is 38.2 Å². The van der Waals surface area contributed by atoms with Crippen molar-refractivity contribution in [1.82, 2.24) is 0 Å². The predicted molar refractivity (Wildman–Crippen MR) is 87.5 cm³/mol. The summed E-state index contributed by atoms with van der Waals surface area (Å²) >= 11 is 0. The molecular formula is C19H28F2O2. The lowest BCUT2D eigenvalue weighted by molar-refractivity contribution is -0.148. The Morgan fingerprint density at radius 3 is 2.52 bits per heavy atom. The predicted octanol–water partition coefficient (Wildman–Crippen LogP) is 5.60. The topological polar surface area (TPSA) is 37.3 Å². The quantitative estimate of drug-likeness (QED) is 0.661. The summed E-state index contributed by atoms with van der Waals surface area (Å²) in [6.07, 6.45) is 10.8. The van der Waals surface area contributed by atoms with E-state index in [-0.39, 0.29) is 6.42 Å². The van der Waals surface area contributed by atoms with Crippen LogP contribution in [0.4, 0.5) is 8.78 Å². The molecule has 1 N–H and O–H groups in total. The molecule has 0 bridgehead atoms. The fourth-order valence-corrected chi connectivity index (χ4v) is 3.94. The third kappa shape index (κ3) is 4.65. The molecule has 130 valence electrons. The highest BCUT2D eigenvalue weighted by molar-refractivity contribution is 5.78. The maximum atomic E-state index is 12.7. The molecule has 0 saturated heterocycles. The number of carbonyl (C=O) groups is 1. The van der Waals surface area contributed by atoms with E-state index in [9.17, 15) is 18.7 Å². The van der Waals surface area contributed by atoms with Crippen LogP contribution < -0.4 is 0 Å². The van der Waals surface area contributed by atoms with Crippen LogP contribution >= 0.6 is 0 Å². The van der Waals surface area contributed by atoms with E-state index < -0.39 is 24.2 Å². The van der Waals surface area contributed by atoms with Gasteiger partial charge in [0.05, 0.1) is 5.41 Å². The normalized spacial score (nSPS) is 31.2. The second-order valence-electron chi connectivity index (χ2n) is 7.16. The van der Waals surface area contributed by atoms with Crippen molar-refractivity contribution in [3.63, 3.8) is 0 Å². The molecule has 0 aliphatic heterocycles. The zero-order chi connectivity index (χ0) is 16.9. The van der Waals surface area contributed by atoms with Crippen LogP contribution in [0.2, 0.25) is 0 Å². The molecule has 0 spiro atoms. The van der Waals surface area contributed by atoms with Gasteiger partial charge in [-0.15, -0.1) is 0 Å². The van der Waals surface area contributed by atoms with Crippen LogP contribution in [-0.4, -0.2) is 17.5 Å². The zero-order valence-corrected chi connectivity index (χ0v) is 13.9. The average molecular weight is 326 g/mol. The third-order valence-electron chi connectivity index (χ3n) is 5.53. The molecule has 1 saturated carbocycles. The number of allylic oxidation sites excluding steroid dienone is 3. The van der Waals surface area contributed by atoms with E-state index >= 15 is 0 Å². The first-order valence-corrected chi connectivity index (χ1v) is 8.87. The smallest absolute Gasteiger partial charge is 0.314 e. The largest absolute Gasteiger partial charge is 0.481 e. The van der Waals surface area contributed by atoms with Gasteiger partial charge in [0, 0.05) is 6.42 Å². The van der Waals surface area contributed by atoms with Crippen molar-refractivity contribution >= 4 is 5.97 Å². The van der Waals surface area contributed by atoms with E-state index in [4.69, 9.17) is 0 Å². The van der Waals surface area contributed by atoms with E-state index in [2.05, 4.69) is 6.92 Å². The number of alkyl halides is 2. The Kier molecular flexibility index (Phi) is 6.37. The highest BCUT2D eigenvalue weighted by atomic mass is 19.3. The molecule has 1 fully saturated rings. The van der Waals surface area contributed by atoms with Gasteiger partial charge in [-0.2, -0.15) is 0 Å². The summed E-state index contributed by atoms with van der Waals surface area (Å²) < 4.78 is 25.4. The van der Waals surface area contributed by atoms with E-state index in [1.807, 2.05) is 6.08 Å². The Bertz CT molecular complexity index is 462. The minimum atomic E-state index is -2.60. The van der Waals surface area contributed by atoms with E-state index in [1.54, 1.807) is 6.08 Å². The number of rotatable bonds is 7. The molecule has 2 rings (SSSR count). The maximum absolute atomic E-state index is 12.7. The zero-order valence-electron chi connectivity index (χ0n) is 13.9. The lowest BCUT2D eigenvalue weighted by Gasteiger charge is -2.33.